The van der Waals surface area contributed by atoms with Crippen LogP contribution < -0.4 is 4.74 Å². The number of nitrogens with zero attached hydrogens (tertiary/aromatic N) is 1. The lowest BCUT2D eigenvalue weighted by Gasteiger charge is -2.21. The summed E-state index contributed by atoms with van der Waals surface area (Å²) in [6, 6.07) is 8.69. The summed E-state index contributed by atoms with van der Waals surface area (Å²) in [5.74, 6) is 0.956. The molecule has 2 nitrogen and oxygen atoms in total. The SMILES string of the molecule is Cc1cc(C(C)(C)C)ccc1OCC1(CC#N)CC1. The van der Waals surface area contributed by atoms with Crippen molar-refractivity contribution in [2.24, 2.45) is 5.41 Å². The van der Waals surface area contributed by atoms with E-state index in [0.717, 1.165) is 18.6 Å². The third-order valence-electron chi connectivity index (χ3n) is 3.99. The van der Waals surface area contributed by atoms with E-state index in [1.165, 1.54) is 11.1 Å². The van der Waals surface area contributed by atoms with Crippen LogP contribution in [0.15, 0.2) is 18.2 Å². The Bertz CT molecular complexity index is 501. The van der Waals surface area contributed by atoms with Crippen molar-refractivity contribution in [2.75, 3.05) is 6.61 Å². The molecule has 0 aliphatic heterocycles. The van der Waals surface area contributed by atoms with E-state index in [9.17, 15) is 0 Å². The minimum Gasteiger partial charge on any atom is -0.493 e. The molecule has 1 aromatic rings. The highest BCUT2D eigenvalue weighted by atomic mass is 16.5. The summed E-state index contributed by atoms with van der Waals surface area (Å²) in [7, 11) is 0. The van der Waals surface area contributed by atoms with Crippen LogP contribution in [0.25, 0.3) is 0 Å². The Hall–Kier alpha value is -1.49. The van der Waals surface area contributed by atoms with Gasteiger partial charge in [-0.3, -0.25) is 0 Å². The first kappa shape index (κ1) is 13.9. The molecule has 0 unspecified atom stereocenters. The second-order valence-electron chi connectivity index (χ2n) is 6.85. The van der Waals surface area contributed by atoms with Crippen molar-refractivity contribution in [2.45, 2.75) is 52.4 Å². The molecule has 102 valence electrons. The Morgan fingerprint density at radius 1 is 1.32 bits per heavy atom. The Labute approximate surface area is 116 Å². The lowest BCUT2D eigenvalue weighted by atomic mass is 9.86. The monoisotopic (exact) mass is 257 g/mol. The van der Waals surface area contributed by atoms with E-state index in [4.69, 9.17) is 10.00 Å². The summed E-state index contributed by atoms with van der Waals surface area (Å²) in [6.45, 7) is 9.42. The fourth-order valence-electron chi connectivity index (χ4n) is 2.23. The normalized spacial score (nSPS) is 16.8. The topological polar surface area (TPSA) is 33.0 Å². The highest BCUT2D eigenvalue weighted by molar-refractivity contribution is 5.38. The first-order chi connectivity index (χ1) is 8.86. The molecular formula is C17H23NO. The molecule has 1 aliphatic rings. The fourth-order valence-corrected chi connectivity index (χ4v) is 2.23. The molecular weight excluding hydrogens is 234 g/mol. The average molecular weight is 257 g/mol. The fraction of sp³-hybridized carbons (Fsp3) is 0.588. The Balaban J connectivity index is 2.04. The number of hydrogen-bond acceptors (Lipinski definition) is 2. The summed E-state index contributed by atoms with van der Waals surface area (Å²) >= 11 is 0. The van der Waals surface area contributed by atoms with Gasteiger partial charge >= 0.3 is 0 Å². The molecule has 19 heavy (non-hydrogen) atoms. The van der Waals surface area contributed by atoms with Gasteiger partial charge in [0.1, 0.15) is 5.75 Å². The van der Waals surface area contributed by atoms with Gasteiger partial charge in [-0.15, -0.1) is 0 Å². The highest BCUT2D eigenvalue weighted by Gasteiger charge is 2.43. The predicted octanol–water partition coefficient (Wildman–Crippen LogP) is 4.37. The van der Waals surface area contributed by atoms with E-state index < -0.39 is 0 Å². The molecule has 0 bridgehead atoms. The second kappa shape index (κ2) is 4.89. The highest BCUT2D eigenvalue weighted by Crippen LogP contribution is 2.48. The summed E-state index contributed by atoms with van der Waals surface area (Å²) in [4.78, 5) is 0. The van der Waals surface area contributed by atoms with E-state index in [1.807, 2.05) is 0 Å². The van der Waals surface area contributed by atoms with Gasteiger partial charge in [0.25, 0.3) is 0 Å². The molecule has 0 saturated heterocycles. The molecule has 0 heterocycles. The molecule has 1 aromatic carbocycles. The van der Waals surface area contributed by atoms with Gasteiger partial charge < -0.3 is 4.74 Å². The van der Waals surface area contributed by atoms with Gasteiger partial charge in [-0.1, -0.05) is 32.9 Å². The van der Waals surface area contributed by atoms with Crippen LogP contribution in [0.3, 0.4) is 0 Å². The van der Waals surface area contributed by atoms with Crippen molar-refractivity contribution in [1.82, 2.24) is 0 Å². The predicted molar refractivity (Wildman–Crippen MR) is 77.3 cm³/mol. The quantitative estimate of drug-likeness (QED) is 0.802. The average Bonchev–Trinajstić information content (AvgIpc) is 3.07. The van der Waals surface area contributed by atoms with Crippen LogP contribution in [-0.4, -0.2) is 6.61 Å². The smallest absolute Gasteiger partial charge is 0.122 e. The van der Waals surface area contributed by atoms with Crippen molar-refractivity contribution in [3.05, 3.63) is 29.3 Å². The largest absolute Gasteiger partial charge is 0.493 e. The maximum atomic E-state index is 8.81. The Morgan fingerprint density at radius 3 is 2.47 bits per heavy atom. The minimum atomic E-state index is 0.143. The van der Waals surface area contributed by atoms with E-state index in [0.29, 0.717) is 13.0 Å². The number of rotatable bonds is 4. The molecule has 0 amide bonds. The molecule has 2 heteroatoms. The van der Waals surface area contributed by atoms with Crippen molar-refractivity contribution in [1.29, 1.82) is 5.26 Å². The standard InChI is InChI=1S/C17H23NO/c1-13-11-14(16(2,3)4)5-6-15(13)19-12-17(7-8-17)9-10-18/h5-6,11H,7-9,12H2,1-4H3. The van der Waals surface area contributed by atoms with Crippen molar-refractivity contribution in [3.63, 3.8) is 0 Å². The number of nitriles is 1. The number of benzene rings is 1. The minimum absolute atomic E-state index is 0.143. The summed E-state index contributed by atoms with van der Waals surface area (Å²) in [6.07, 6.45) is 2.87. The molecule has 1 aliphatic carbocycles. The third-order valence-corrected chi connectivity index (χ3v) is 3.99. The first-order valence-electron chi connectivity index (χ1n) is 6.97. The second-order valence-corrected chi connectivity index (χ2v) is 6.85. The zero-order valence-corrected chi connectivity index (χ0v) is 12.4. The van der Waals surface area contributed by atoms with Crippen LogP contribution in [0.2, 0.25) is 0 Å². The lowest BCUT2D eigenvalue weighted by molar-refractivity contribution is 0.235. The number of aryl methyl sites for hydroxylation is 1. The van der Waals surface area contributed by atoms with Gasteiger partial charge in [0.2, 0.25) is 0 Å². The molecule has 0 aromatic heterocycles. The van der Waals surface area contributed by atoms with E-state index >= 15 is 0 Å². The zero-order chi connectivity index (χ0) is 14.1. The lowest BCUT2D eigenvalue weighted by Crippen LogP contribution is -2.14. The molecule has 1 saturated carbocycles. The third kappa shape index (κ3) is 3.29. The summed E-state index contributed by atoms with van der Waals surface area (Å²) in [5, 5.41) is 8.81. The van der Waals surface area contributed by atoms with Gasteiger partial charge in [0.05, 0.1) is 12.7 Å². The van der Waals surface area contributed by atoms with Crippen molar-refractivity contribution < 1.29 is 4.74 Å². The first-order valence-corrected chi connectivity index (χ1v) is 6.97. The van der Waals surface area contributed by atoms with Gasteiger partial charge in [0.15, 0.2) is 0 Å². The molecule has 0 radical (unpaired) electrons. The molecule has 2 rings (SSSR count). The van der Waals surface area contributed by atoms with Crippen LogP contribution in [0.5, 0.6) is 5.75 Å². The van der Waals surface area contributed by atoms with E-state index in [2.05, 4.69) is 52.0 Å². The van der Waals surface area contributed by atoms with Crippen molar-refractivity contribution >= 4 is 0 Å². The van der Waals surface area contributed by atoms with Gasteiger partial charge in [-0.25, -0.2) is 0 Å². The maximum absolute atomic E-state index is 8.81. The number of ether oxygens (including phenoxy) is 1. The van der Waals surface area contributed by atoms with Crippen LogP contribution in [0, 0.1) is 23.7 Å². The van der Waals surface area contributed by atoms with E-state index in [-0.39, 0.29) is 10.8 Å². The van der Waals surface area contributed by atoms with Crippen LogP contribution in [0.1, 0.15) is 51.2 Å². The van der Waals surface area contributed by atoms with Crippen molar-refractivity contribution in [3.8, 4) is 11.8 Å². The number of hydrogen-bond donors (Lipinski definition) is 0. The van der Waals surface area contributed by atoms with Crippen LogP contribution in [0.4, 0.5) is 0 Å². The molecule has 0 spiro atoms. The molecule has 1 fully saturated rings. The van der Waals surface area contributed by atoms with Gasteiger partial charge in [0, 0.05) is 11.8 Å². The summed E-state index contributed by atoms with van der Waals surface area (Å²) < 4.78 is 5.93. The molecule has 0 atom stereocenters. The van der Waals surface area contributed by atoms with Crippen LogP contribution >= 0.6 is 0 Å². The Morgan fingerprint density at radius 2 is 2.00 bits per heavy atom. The Kier molecular flexibility index (Phi) is 3.58. The summed E-state index contributed by atoms with van der Waals surface area (Å²) in [5.41, 5.74) is 2.82. The maximum Gasteiger partial charge on any atom is 0.122 e. The van der Waals surface area contributed by atoms with E-state index in [1.54, 1.807) is 0 Å². The van der Waals surface area contributed by atoms with Gasteiger partial charge in [-0.05, 0) is 42.4 Å². The zero-order valence-electron chi connectivity index (χ0n) is 12.4. The molecule has 0 N–H and O–H groups in total. The van der Waals surface area contributed by atoms with Gasteiger partial charge in [-0.2, -0.15) is 5.26 Å². The van der Waals surface area contributed by atoms with Crippen LogP contribution in [-0.2, 0) is 5.41 Å².